The molecule has 0 spiro atoms. The van der Waals surface area contributed by atoms with E-state index in [-0.39, 0.29) is 12.2 Å². The van der Waals surface area contributed by atoms with Gasteiger partial charge in [0.05, 0.1) is 24.0 Å². The lowest BCUT2D eigenvalue weighted by Crippen LogP contribution is -2.31. The molecule has 1 saturated carbocycles. The molecule has 4 atom stereocenters. The van der Waals surface area contributed by atoms with Crippen molar-refractivity contribution in [1.29, 1.82) is 0 Å². The van der Waals surface area contributed by atoms with E-state index in [0.717, 1.165) is 6.07 Å². The molecule has 7 nitrogen and oxygen atoms in total. The van der Waals surface area contributed by atoms with Crippen LogP contribution in [-0.2, 0) is 0 Å². The summed E-state index contributed by atoms with van der Waals surface area (Å²) in [6.45, 7) is 0. The summed E-state index contributed by atoms with van der Waals surface area (Å²) in [6.07, 6.45) is -1.86. The fourth-order valence-electron chi connectivity index (χ4n) is 2.55. The largest absolute Gasteiger partial charge is 0.390 e. The summed E-state index contributed by atoms with van der Waals surface area (Å²) < 4.78 is 14.8. The van der Waals surface area contributed by atoms with E-state index in [9.17, 15) is 19.7 Å². The molecule has 0 aliphatic heterocycles. The van der Waals surface area contributed by atoms with Crippen LogP contribution in [0.4, 0.5) is 10.2 Å². The third kappa shape index (κ3) is 1.76. The number of nitrogen functional groups attached to an aromatic ring is 1. The van der Waals surface area contributed by atoms with Crippen LogP contribution in [0.25, 0.3) is 11.0 Å². The first-order chi connectivity index (χ1) is 8.99. The summed E-state index contributed by atoms with van der Waals surface area (Å²) in [5.41, 5.74) is 6.26. The maximum Gasteiger partial charge on any atom is 0.217 e. The minimum atomic E-state index is -1.23. The summed E-state index contributed by atoms with van der Waals surface area (Å²) in [4.78, 5) is 7.49. The van der Waals surface area contributed by atoms with E-state index in [1.54, 1.807) is 0 Å². The van der Waals surface area contributed by atoms with E-state index in [1.807, 2.05) is 0 Å². The highest BCUT2D eigenvalue weighted by molar-refractivity contribution is 5.84. The maximum absolute atomic E-state index is 13.3. The van der Waals surface area contributed by atoms with E-state index >= 15 is 0 Å². The lowest BCUT2D eigenvalue weighted by atomic mass is 10.2. The molecule has 0 radical (unpaired) electrons. The van der Waals surface area contributed by atoms with Gasteiger partial charge in [0.2, 0.25) is 5.95 Å². The summed E-state index contributed by atoms with van der Waals surface area (Å²) >= 11 is 0. The molecule has 1 fully saturated rings. The number of halogens is 1. The van der Waals surface area contributed by atoms with Crippen molar-refractivity contribution in [2.24, 2.45) is 0 Å². The standard InChI is InChI=1S/C11H13FN4O3/c12-7-2-4-8(11(13)15-7)14-3-16(4)5-1-6(17)10(19)9(5)18/h2-3,5-6,9-10,17-19H,1H2,(H2,13,15)/t5-,6+,9+,10-/m1/s1. The van der Waals surface area contributed by atoms with Gasteiger partial charge in [-0.1, -0.05) is 0 Å². The zero-order valence-electron chi connectivity index (χ0n) is 9.81. The number of anilines is 1. The molecule has 3 rings (SSSR count). The second kappa shape index (κ2) is 4.12. The first-order valence-corrected chi connectivity index (χ1v) is 5.82. The van der Waals surface area contributed by atoms with E-state index in [0.29, 0.717) is 11.0 Å². The monoisotopic (exact) mass is 268 g/mol. The zero-order chi connectivity index (χ0) is 13.7. The van der Waals surface area contributed by atoms with Gasteiger partial charge in [-0.25, -0.2) is 9.97 Å². The molecule has 5 N–H and O–H groups in total. The summed E-state index contributed by atoms with van der Waals surface area (Å²) in [5.74, 6) is -0.789. The first kappa shape index (κ1) is 12.3. The molecule has 19 heavy (non-hydrogen) atoms. The van der Waals surface area contributed by atoms with Crippen LogP contribution < -0.4 is 5.73 Å². The van der Waals surface area contributed by atoms with Gasteiger partial charge >= 0.3 is 0 Å². The van der Waals surface area contributed by atoms with Crippen molar-refractivity contribution in [1.82, 2.24) is 14.5 Å². The average Bonchev–Trinajstić information content (AvgIpc) is 2.86. The second-order valence-corrected chi connectivity index (χ2v) is 4.70. The Bertz CT molecular complexity index is 632. The molecule has 1 aliphatic rings. The predicted octanol–water partition coefficient (Wildman–Crippen LogP) is -0.820. The molecule has 2 aromatic rings. The molecule has 102 valence electrons. The van der Waals surface area contributed by atoms with Gasteiger partial charge in [0.15, 0.2) is 5.82 Å². The zero-order valence-corrected chi connectivity index (χ0v) is 9.81. The van der Waals surface area contributed by atoms with Gasteiger partial charge in [-0.15, -0.1) is 0 Å². The highest BCUT2D eigenvalue weighted by Gasteiger charge is 2.42. The molecule has 1 aliphatic carbocycles. The molecule has 0 aromatic carbocycles. The minimum absolute atomic E-state index is 0.0395. The van der Waals surface area contributed by atoms with Crippen molar-refractivity contribution in [3.8, 4) is 0 Å². The highest BCUT2D eigenvalue weighted by atomic mass is 19.1. The quantitative estimate of drug-likeness (QED) is 0.502. The smallest absolute Gasteiger partial charge is 0.217 e. The second-order valence-electron chi connectivity index (χ2n) is 4.70. The van der Waals surface area contributed by atoms with Crippen molar-refractivity contribution in [2.75, 3.05) is 5.73 Å². The number of imidazole rings is 1. The third-order valence-corrected chi connectivity index (χ3v) is 3.54. The van der Waals surface area contributed by atoms with Gasteiger partial charge in [0.1, 0.15) is 17.7 Å². The number of fused-ring (bicyclic) bond motifs is 1. The molecule has 0 amide bonds. The SMILES string of the molecule is Nc1nc(F)cc2c1ncn2[C@@H]1C[C@H](O)[C@@H](O)[C@H]1O. The van der Waals surface area contributed by atoms with Crippen LogP contribution in [0.15, 0.2) is 12.4 Å². The number of nitrogens with zero attached hydrogens (tertiary/aromatic N) is 3. The Kier molecular flexibility index (Phi) is 2.66. The van der Waals surface area contributed by atoms with Crippen molar-refractivity contribution >= 4 is 16.9 Å². The van der Waals surface area contributed by atoms with E-state index in [1.165, 1.54) is 10.9 Å². The van der Waals surface area contributed by atoms with Crippen LogP contribution in [0.5, 0.6) is 0 Å². The molecule has 0 unspecified atom stereocenters. The van der Waals surface area contributed by atoms with E-state index < -0.39 is 30.3 Å². The molecule has 2 aromatic heterocycles. The Balaban J connectivity index is 2.11. The first-order valence-electron chi connectivity index (χ1n) is 5.82. The van der Waals surface area contributed by atoms with Crippen LogP contribution in [-0.4, -0.2) is 48.2 Å². The number of pyridine rings is 1. The number of aliphatic hydroxyl groups excluding tert-OH is 3. The number of aromatic nitrogens is 3. The average molecular weight is 268 g/mol. The van der Waals surface area contributed by atoms with Gasteiger partial charge in [-0.05, 0) is 6.42 Å². The van der Waals surface area contributed by atoms with Crippen LogP contribution in [0, 0.1) is 5.95 Å². The lowest BCUT2D eigenvalue weighted by Gasteiger charge is -2.18. The van der Waals surface area contributed by atoms with Crippen LogP contribution in [0.3, 0.4) is 0 Å². The van der Waals surface area contributed by atoms with Crippen LogP contribution >= 0.6 is 0 Å². The van der Waals surface area contributed by atoms with Gasteiger partial charge in [-0.2, -0.15) is 4.39 Å². The van der Waals surface area contributed by atoms with Crippen LogP contribution in [0.1, 0.15) is 12.5 Å². The van der Waals surface area contributed by atoms with Crippen LogP contribution in [0.2, 0.25) is 0 Å². The Hall–Kier alpha value is -1.77. The normalized spacial score (nSPS) is 31.2. The molecular weight excluding hydrogens is 255 g/mol. The van der Waals surface area contributed by atoms with Crippen molar-refractivity contribution in [2.45, 2.75) is 30.8 Å². The number of rotatable bonds is 1. The minimum Gasteiger partial charge on any atom is -0.390 e. The Morgan fingerprint density at radius 2 is 2.05 bits per heavy atom. The van der Waals surface area contributed by atoms with Gasteiger partial charge < -0.3 is 25.6 Å². The van der Waals surface area contributed by atoms with Crippen molar-refractivity contribution in [3.63, 3.8) is 0 Å². The lowest BCUT2D eigenvalue weighted by molar-refractivity contribution is -0.0244. The fourth-order valence-corrected chi connectivity index (χ4v) is 2.55. The third-order valence-electron chi connectivity index (χ3n) is 3.54. The molecule has 0 saturated heterocycles. The fraction of sp³-hybridized carbons (Fsp3) is 0.455. The number of hydrogen-bond acceptors (Lipinski definition) is 6. The van der Waals surface area contributed by atoms with Gasteiger partial charge in [0.25, 0.3) is 0 Å². The summed E-state index contributed by atoms with van der Waals surface area (Å²) in [7, 11) is 0. The molecule has 2 heterocycles. The summed E-state index contributed by atoms with van der Waals surface area (Å²) in [5, 5.41) is 29.0. The van der Waals surface area contributed by atoms with Crippen molar-refractivity contribution < 1.29 is 19.7 Å². The predicted molar refractivity (Wildman–Crippen MR) is 63.6 cm³/mol. The number of nitrogens with two attached hydrogens (primary N) is 1. The molecule has 8 heteroatoms. The molecular formula is C11H13FN4O3. The molecule has 0 bridgehead atoms. The number of hydrogen-bond donors (Lipinski definition) is 4. The number of aliphatic hydroxyl groups is 3. The summed E-state index contributed by atoms with van der Waals surface area (Å²) in [6, 6.07) is 0.568. The van der Waals surface area contributed by atoms with Gasteiger partial charge in [-0.3, -0.25) is 0 Å². The Morgan fingerprint density at radius 3 is 2.68 bits per heavy atom. The Labute approximate surface area is 107 Å². The highest BCUT2D eigenvalue weighted by Crippen LogP contribution is 2.34. The van der Waals surface area contributed by atoms with Crippen molar-refractivity contribution in [3.05, 3.63) is 18.3 Å². The maximum atomic E-state index is 13.3. The van der Waals surface area contributed by atoms with Gasteiger partial charge in [0, 0.05) is 6.07 Å². The van der Waals surface area contributed by atoms with E-state index in [2.05, 4.69) is 9.97 Å². The van der Waals surface area contributed by atoms with E-state index in [4.69, 9.17) is 5.73 Å². The topological polar surface area (TPSA) is 117 Å². The Morgan fingerprint density at radius 1 is 1.32 bits per heavy atom.